The van der Waals surface area contributed by atoms with E-state index in [1.807, 2.05) is 0 Å². The van der Waals surface area contributed by atoms with Crippen LogP contribution in [0, 0.1) is 0 Å². The smallest absolute Gasteiger partial charge is 0.124 e. The zero-order valence-electron chi connectivity index (χ0n) is 9.70. The van der Waals surface area contributed by atoms with Crippen LogP contribution in [0.1, 0.15) is 12.0 Å². The standard InChI is InChI=1S/C13H18N2O/c1-16-13-4-2-3-12-11(13)6-5-10-9-14-7-8-15(10)12/h2-4,10,14H,5-9H2,1H3/t10-/m0/s1. The molecule has 0 aliphatic carbocycles. The molecule has 0 spiro atoms. The van der Waals surface area contributed by atoms with E-state index in [0.29, 0.717) is 6.04 Å². The first kappa shape index (κ1) is 9.97. The van der Waals surface area contributed by atoms with Crippen molar-refractivity contribution in [2.45, 2.75) is 18.9 Å². The minimum atomic E-state index is 0.674. The molecule has 2 heterocycles. The second kappa shape index (κ2) is 3.98. The summed E-state index contributed by atoms with van der Waals surface area (Å²) in [5, 5.41) is 3.47. The SMILES string of the molecule is COc1cccc2c1CC[C@H]1CNCCN21. The zero-order valence-corrected chi connectivity index (χ0v) is 9.70. The number of methoxy groups -OCH3 is 1. The Bertz CT molecular complexity index is 392. The Morgan fingerprint density at radius 1 is 1.44 bits per heavy atom. The number of fused-ring (bicyclic) bond motifs is 3. The highest BCUT2D eigenvalue weighted by atomic mass is 16.5. The van der Waals surface area contributed by atoms with Crippen LogP contribution < -0.4 is 15.0 Å². The molecule has 3 heteroatoms. The summed E-state index contributed by atoms with van der Waals surface area (Å²) in [6, 6.07) is 7.08. The fraction of sp³-hybridized carbons (Fsp3) is 0.538. The molecule has 0 amide bonds. The summed E-state index contributed by atoms with van der Waals surface area (Å²) in [4.78, 5) is 2.54. The molecule has 0 radical (unpaired) electrons. The maximum absolute atomic E-state index is 5.45. The normalized spacial score (nSPS) is 23.6. The third kappa shape index (κ3) is 1.47. The van der Waals surface area contributed by atoms with Crippen molar-refractivity contribution in [3.8, 4) is 5.75 Å². The first-order valence-corrected chi connectivity index (χ1v) is 6.03. The molecule has 0 unspecified atom stereocenters. The maximum atomic E-state index is 5.45. The molecule has 86 valence electrons. The number of ether oxygens (including phenoxy) is 1. The van der Waals surface area contributed by atoms with Gasteiger partial charge in [-0.1, -0.05) is 6.07 Å². The first-order valence-electron chi connectivity index (χ1n) is 6.03. The van der Waals surface area contributed by atoms with E-state index in [4.69, 9.17) is 4.74 Å². The molecule has 1 aromatic rings. The minimum Gasteiger partial charge on any atom is -0.496 e. The van der Waals surface area contributed by atoms with Gasteiger partial charge in [0.25, 0.3) is 0 Å². The largest absolute Gasteiger partial charge is 0.496 e. The highest BCUT2D eigenvalue weighted by Gasteiger charge is 2.29. The van der Waals surface area contributed by atoms with Crippen LogP contribution in [0.15, 0.2) is 18.2 Å². The highest BCUT2D eigenvalue weighted by molar-refractivity contribution is 5.62. The Hall–Kier alpha value is -1.22. The van der Waals surface area contributed by atoms with Crippen LogP contribution in [-0.4, -0.2) is 32.8 Å². The Balaban J connectivity index is 2.01. The number of anilines is 1. The summed E-state index contributed by atoms with van der Waals surface area (Å²) in [5.41, 5.74) is 2.78. The first-order chi connectivity index (χ1) is 7.90. The van der Waals surface area contributed by atoms with Gasteiger partial charge in [0.1, 0.15) is 5.75 Å². The maximum Gasteiger partial charge on any atom is 0.124 e. The van der Waals surface area contributed by atoms with Crippen LogP contribution in [0.25, 0.3) is 0 Å². The van der Waals surface area contributed by atoms with Crippen molar-refractivity contribution in [1.29, 1.82) is 0 Å². The summed E-state index contributed by atoms with van der Waals surface area (Å²) in [5.74, 6) is 1.05. The van der Waals surface area contributed by atoms with Gasteiger partial charge in [-0.05, 0) is 25.0 Å². The van der Waals surface area contributed by atoms with Gasteiger partial charge in [-0.15, -0.1) is 0 Å². The van der Waals surface area contributed by atoms with Crippen LogP contribution >= 0.6 is 0 Å². The van der Waals surface area contributed by atoms with E-state index in [1.165, 1.54) is 17.7 Å². The van der Waals surface area contributed by atoms with Crippen LogP contribution in [0.3, 0.4) is 0 Å². The Morgan fingerprint density at radius 3 is 3.25 bits per heavy atom. The van der Waals surface area contributed by atoms with E-state index in [-0.39, 0.29) is 0 Å². The molecular weight excluding hydrogens is 200 g/mol. The minimum absolute atomic E-state index is 0.674. The fourth-order valence-corrected chi connectivity index (χ4v) is 2.91. The Labute approximate surface area is 96.4 Å². The van der Waals surface area contributed by atoms with E-state index >= 15 is 0 Å². The van der Waals surface area contributed by atoms with Crippen molar-refractivity contribution in [1.82, 2.24) is 5.32 Å². The third-order valence-corrected chi connectivity index (χ3v) is 3.72. The van der Waals surface area contributed by atoms with E-state index in [9.17, 15) is 0 Å². The number of hydrogen-bond donors (Lipinski definition) is 1. The molecule has 2 aliphatic rings. The Kier molecular flexibility index (Phi) is 2.48. The molecule has 1 aromatic carbocycles. The molecule has 3 nitrogen and oxygen atoms in total. The molecule has 0 saturated carbocycles. The van der Waals surface area contributed by atoms with Crippen molar-refractivity contribution in [2.24, 2.45) is 0 Å². The molecule has 1 N–H and O–H groups in total. The lowest BCUT2D eigenvalue weighted by atomic mass is 9.94. The van der Waals surface area contributed by atoms with Crippen molar-refractivity contribution in [3.63, 3.8) is 0 Å². The summed E-state index contributed by atoms with van der Waals surface area (Å²) >= 11 is 0. The van der Waals surface area contributed by atoms with Gasteiger partial charge in [-0.2, -0.15) is 0 Å². The van der Waals surface area contributed by atoms with Gasteiger partial charge in [0.05, 0.1) is 7.11 Å². The van der Waals surface area contributed by atoms with Crippen LogP contribution in [0.2, 0.25) is 0 Å². The summed E-state index contributed by atoms with van der Waals surface area (Å²) in [7, 11) is 1.76. The molecule has 0 aromatic heterocycles. The second-order valence-corrected chi connectivity index (χ2v) is 4.55. The topological polar surface area (TPSA) is 24.5 Å². The second-order valence-electron chi connectivity index (χ2n) is 4.55. The third-order valence-electron chi connectivity index (χ3n) is 3.72. The van der Waals surface area contributed by atoms with Gasteiger partial charge in [-0.25, -0.2) is 0 Å². The fourth-order valence-electron chi connectivity index (χ4n) is 2.91. The van der Waals surface area contributed by atoms with Crippen molar-refractivity contribution < 1.29 is 4.74 Å². The van der Waals surface area contributed by atoms with Gasteiger partial charge < -0.3 is 15.0 Å². The van der Waals surface area contributed by atoms with Crippen molar-refractivity contribution >= 4 is 5.69 Å². The molecule has 1 atom stereocenters. The van der Waals surface area contributed by atoms with E-state index in [2.05, 4.69) is 28.4 Å². The number of nitrogens with zero attached hydrogens (tertiary/aromatic N) is 1. The van der Waals surface area contributed by atoms with Crippen LogP contribution in [0.4, 0.5) is 5.69 Å². The lowest BCUT2D eigenvalue weighted by Gasteiger charge is -2.42. The van der Waals surface area contributed by atoms with Gasteiger partial charge >= 0.3 is 0 Å². The number of benzene rings is 1. The van der Waals surface area contributed by atoms with Gasteiger partial charge in [0.15, 0.2) is 0 Å². The summed E-state index contributed by atoms with van der Waals surface area (Å²) in [6.07, 6.45) is 2.38. The molecular formula is C13H18N2O. The quantitative estimate of drug-likeness (QED) is 0.771. The molecule has 3 rings (SSSR count). The number of hydrogen-bond acceptors (Lipinski definition) is 3. The van der Waals surface area contributed by atoms with Crippen LogP contribution in [-0.2, 0) is 6.42 Å². The summed E-state index contributed by atoms with van der Waals surface area (Å²) < 4.78 is 5.45. The average Bonchev–Trinajstić information content (AvgIpc) is 2.37. The number of nitrogens with one attached hydrogen (secondary N) is 1. The van der Waals surface area contributed by atoms with Gasteiger partial charge in [0, 0.05) is 36.9 Å². The van der Waals surface area contributed by atoms with E-state index in [1.54, 1.807) is 7.11 Å². The van der Waals surface area contributed by atoms with Crippen molar-refractivity contribution in [2.75, 3.05) is 31.6 Å². The lowest BCUT2D eigenvalue weighted by molar-refractivity contribution is 0.396. The Morgan fingerprint density at radius 2 is 2.38 bits per heavy atom. The van der Waals surface area contributed by atoms with Crippen LogP contribution in [0.5, 0.6) is 5.75 Å². The monoisotopic (exact) mass is 218 g/mol. The van der Waals surface area contributed by atoms with E-state index < -0.39 is 0 Å². The van der Waals surface area contributed by atoms with E-state index in [0.717, 1.165) is 31.8 Å². The molecule has 2 aliphatic heterocycles. The average molecular weight is 218 g/mol. The molecule has 1 fully saturated rings. The van der Waals surface area contributed by atoms with Crippen molar-refractivity contribution in [3.05, 3.63) is 23.8 Å². The molecule has 1 saturated heterocycles. The highest BCUT2D eigenvalue weighted by Crippen LogP contribution is 2.36. The molecule has 0 bridgehead atoms. The lowest BCUT2D eigenvalue weighted by Crippen LogP contribution is -2.53. The predicted octanol–water partition coefficient (Wildman–Crippen LogP) is 1.42. The van der Waals surface area contributed by atoms with Gasteiger partial charge in [-0.3, -0.25) is 0 Å². The van der Waals surface area contributed by atoms with Gasteiger partial charge in [0.2, 0.25) is 0 Å². The predicted molar refractivity (Wildman–Crippen MR) is 65.3 cm³/mol. The number of piperazine rings is 1. The number of rotatable bonds is 1. The zero-order chi connectivity index (χ0) is 11.0. The summed E-state index contributed by atoms with van der Waals surface area (Å²) in [6.45, 7) is 3.33. The molecule has 16 heavy (non-hydrogen) atoms.